The van der Waals surface area contributed by atoms with E-state index in [1.165, 1.54) is 32.2 Å². The molecular formula is C15H33N3. The summed E-state index contributed by atoms with van der Waals surface area (Å²) >= 11 is 0. The van der Waals surface area contributed by atoms with Crippen LogP contribution in [0, 0.1) is 0 Å². The van der Waals surface area contributed by atoms with Crippen LogP contribution in [-0.2, 0) is 0 Å². The Morgan fingerprint density at radius 1 is 1.22 bits per heavy atom. The van der Waals surface area contributed by atoms with Gasteiger partial charge in [-0.2, -0.15) is 0 Å². The first kappa shape index (κ1) is 15.9. The van der Waals surface area contributed by atoms with Crippen molar-refractivity contribution in [3.05, 3.63) is 0 Å². The van der Waals surface area contributed by atoms with Gasteiger partial charge in [0.1, 0.15) is 0 Å². The standard InChI is InChI=1S/C15H33N3/c1-6-8-15(11-16-14-9-10-14)18(7-2)13(3)12-17(4)5/h13-16H,6-12H2,1-5H3. The number of hydrogen-bond acceptors (Lipinski definition) is 3. The fourth-order valence-corrected chi connectivity index (χ4v) is 2.87. The summed E-state index contributed by atoms with van der Waals surface area (Å²) in [6, 6.07) is 2.17. The van der Waals surface area contributed by atoms with Crippen molar-refractivity contribution in [2.45, 2.75) is 64.6 Å². The van der Waals surface area contributed by atoms with E-state index in [1.807, 2.05) is 0 Å². The van der Waals surface area contributed by atoms with E-state index in [2.05, 4.69) is 50.0 Å². The third-order valence-electron chi connectivity index (χ3n) is 3.87. The quantitative estimate of drug-likeness (QED) is 0.645. The van der Waals surface area contributed by atoms with Crippen LogP contribution >= 0.6 is 0 Å². The number of rotatable bonds is 10. The Kier molecular flexibility index (Phi) is 7.20. The number of hydrogen-bond donors (Lipinski definition) is 1. The van der Waals surface area contributed by atoms with Crippen molar-refractivity contribution in [1.82, 2.24) is 15.1 Å². The molecule has 1 rings (SSSR count). The second-order valence-corrected chi connectivity index (χ2v) is 6.07. The van der Waals surface area contributed by atoms with Crippen LogP contribution in [0.3, 0.4) is 0 Å². The molecular weight excluding hydrogens is 222 g/mol. The smallest absolute Gasteiger partial charge is 0.0223 e. The van der Waals surface area contributed by atoms with Gasteiger partial charge in [-0.1, -0.05) is 20.3 Å². The molecule has 18 heavy (non-hydrogen) atoms. The van der Waals surface area contributed by atoms with Crippen molar-refractivity contribution in [3.8, 4) is 0 Å². The third-order valence-corrected chi connectivity index (χ3v) is 3.87. The van der Waals surface area contributed by atoms with Crippen LogP contribution in [0.5, 0.6) is 0 Å². The SMILES string of the molecule is CCCC(CNC1CC1)N(CC)C(C)CN(C)C. The molecule has 1 aliphatic carbocycles. The van der Waals surface area contributed by atoms with Gasteiger partial charge in [0.05, 0.1) is 0 Å². The predicted octanol–water partition coefficient (Wildman–Crippen LogP) is 2.18. The molecule has 0 aromatic rings. The predicted molar refractivity (Wildman–Crippen MR) is 80.1 cm³/mol. The second kappa shape index (κ2) is 8.13. The van der Waals surface area contributed by atoms with Gasteiger partial charge < -0.3 is 10.2 Å². The van der Waals surface area contributed by atoms with Crippen molar-refractivity contribution < 1.29 is 0 Å². The van der Waals surface area contributed by atoms with E-state index in [4.69, 9.17) is 0 Å². The Morgan fingerprint density at radius 3 is 2.33 bits per heavy atom. The molecule has 0 aliphatic heterocycles. The molecule has 0 bridgehead atoms. The molecule has 2 unspecified atom stereocenters. The van der Waals surface area contributed by atoms with Crippen LogP contribution in [0.25, 0.3) is 0 Å². The number of likely N-dealkylation sites (N-methyl/N-ethyl adjacent to an activating group) is 2. The maximum absolute atomic E-state index is 3.71. The average molecular weight is 255 g/mol. The van der Waals surface area contributed by atoms with E-state index in [0.717, 1.165) is 19.1 Å². The largest absolute Gasteiger partial charge is 0.312 e. The van der Waals surface area contributed by atoms with E-state index in [-0.39, 0.29) is 0 Å². The fourth-order valence-electron chi connectivity index (χ4n) is 2.87. The number of nitrogens with one attached hydrogen (secondary N) is 1. The second-order valence-electron chi connectivity index (χ2n) is 6.07. The lowest BCUT2D eigenvalue weighted by Gasteiger charge is -2.37. The lowest BCUT2D eigenvalue weighted by atomic mass is 10.1. The zero-order valence-electron chi connectivity index (χ0n) is 13.1. The minimum absolute atomic E-state index is 0.641. The maximum atomic E-state index is 3.71. The van der Waals surface area contributed by atoms with Crippen LogP contribution < -0.4 is 5.32 Å². The Hall–Kier alpha value is -0.120. The Labute approximate surface area is 114 Å². The first-order valence-corrected chi connectivity index (χ1v) is 7.72. The van der Waals surface area contributed by atoms with E-state index in [1.54, 1.807) is 0 Å². The Bertz CT molecular complexity index is 214. The highest BCUT2D eigenvalue weighted by Gasteiger charge is 2.25. The van der Waals surface area contributed by atoms with Gasteiger partial charge in [-0.05, 0) is 46.8 Å². The van der Waals surface area contributed by atoms with Gasteiger partial charge in [-0.25, -0.2) is 0 Å². The maximum Gasteiger partial charge on any atom is 0.0223 e. The molecule has 0 saturated heterocycles. The summed E-state index contributed by atoms with van der Waals surface area (Å²) in [7, 11) is 4.34. The molecule has 108 valence electrons. The highest BCUT2D eigenvalue weighted by molar-refractivity contribution is 4.85. The molecule has 1 fully saturated rings. The molecule has 0 spiro atoms. The van der Waals surface area contributed by atoms with Gasteiger partial charge in [0, 0.05) is 31.2 Å². The molecule has 0 heterocycles. The van der Waals surface area contributed by atoms with Crippen molar-refractivity contribution in [2.24, 2.45) is 0 Å². The van der Waals surface area contributed by atoms with E-state index in [9.17, 15) is 0 Å². The monoisotopic (exact) mass is 255 g/mol. The molecule has 1 aliphatic rings. The normalized spacial score (nSPS) is 19.5. The van der Waals surface area contributed by atoms with Crippen LogP contribution in [0.4, 0.5) is 0 Å². The number of nitrogens with zero attached hydrogens (tertiary/aromatic N) is 2. The van der Waals surface area contributed by atoms with E-state index < -0.39 is 0 Å². The topological polar surface area (TPSA) is 18.5 Å². The van der Waals surface area contributed by atoms with Gasteiger partial charge in [0.15, 0.2) is 0 Å². The fraction of sp³-hybridized carbons (Fsp3) is 1.00. The van der Waals surface area contributed by atoms with Gasteiger partial charge >= 0.3 is 0 Å². The molecule has 0 amide bonds. The minimum Gasteiger partial charge on any atom is -0.312 e. The summed E-state index contributed by atoms with van der Waals surface area (Å²) < 4.78 is 0. The summed E-state index contributed by atoms with van der Waals surface area (Å²) in [5, 5.41) is 3.71. The Morgan fingerprint density at radius 2 is 1.89 bits per heavy atom. The Balaban J connectivity index is 2.47. The molecule has 3 heteroatoms. The van der Waals surface area contributed by atoms with Gasteiger partial charge in [-0.15, -0.1) is 0 Å². The molecule has 1 saturated carbocycles. The van der Waals surface area contributed by atoms with Crippen LogP contribution in [-0.4, -0.2) is 61.7 Å². The van der Waals surface area contributed by atoms with Crippen LogP contribution in [0.15, 0.2) is 0 Å². The molecule has 1 N–H and O–H groups in total. The van der Waals surface area contributed by atoms with Crippen LogP contribution in [0.2, 0.25) is 0 Å². The molecule has 2 atom stereocenters. The van der Waals surface area contributed by atoms with Gasteiger partial charge in [0.25, 0.3) is 0 Å². The average Bonchev–Trinajstić information content (AvgIpc) is 3.09. The van der Waals surface area contributed by atoms with Crippen molar-refractivity contribution in [2.75, 3.05) is 33.7 Å². The molecule has 0 radical (unpaired) electrons. The van der Waals surface area contributed by atoms with E-state index >= 15 is 0 Å². The highest BCUT2D eigenvalue weighted by atomic mass is 15.2. The first-order chi connectivity index (χ1) is 8.58. The van der Waals surface area contributed by atoms with Crippen molar-refractivity contribution >= 4 is 0 Å². The lowest BCUT2D eigenvalue weighted by Crippen LogP contribution is -2.50. The van der Waals surface area contributed by atoms with Crippen molar-refractivity contribution in [3.63, 3.8) is 0 Å². The zero-order chi connectivity index (χ0) is 13.5. The zero-order valence-corrected chi connectivity index (χ0v) is 13.1. The molecule has 3 nitrogen and oxygen atoms in total. The summed E-state index contributed by atoms with van der Waals surface area (Å²) in [5.74, 6) is 0. The van der Waals surface area contributed by atoms with Crippen molar-refractivity contribution in [1.29, 1.82) is 0 Å². The highest BCUT2D eigenvalue weighted by Crippen LogP contribution is 2.20. The summed E-state index contributed by atoms with van der Waals surface area (Å²) in [6.45, 7) is 10.4. The van der Waals surface area contributed by atoms with E-state index in [0.29, 0.717) is 12.1 Å². The molecule has 0 aromatic carbocycles. The summed E-state index contributed by atoms with van der Waals surface area (Å²) in [5.41, 5.74) is 0. The van der Waals surface area contributed by atoms with Gasteiger partial charge in [0.2, 0.25) is 0 Å². The third kappa shape index (κ3) is 5.68. The minimum atomic E-state index is 0.641. The lowest BCUT2D eigenvalue weighted by molar-refractivity contribution is 0.119. The summed E-state index contributed by atoms with van der Waals surface area (Å²) in [6.07, 6.45) is 5.37. The van der Waals surface area contributed by atoms with Crippen LogP contribution in [0.1, 0.15) is 46.5 Å². The van der Waals surface area contributed by atoms with Gasteiger partial charge in [-0.3, -0.25) is 4.90 Å². The molecule has 0 aromatic heterocycles. The summed E-state index contributed by atoms with van der Waals surface area (Å²) in [4.78, 5) is 4.98. The first-order valence-electron chi connectivity index (χ1n) is 7.72.